The smallest absolute Gasteiger partial charge is 0.147 e. The fourth-order valence-electron chi connectivity index (χ4n) is 1.13. The Labute approximate surface area is 78.2 Å². The van der Waals surface area contributed by atoms with Gasteiger partial charge in [-0.1, -0.05) is 11.6 Å². The lowest BCUT2D eigenvalue weighted by Gasteiger charge is -2.20. The van der Waals surface area contributed by atoms with E-state index >= 15 is 0 Å². The van der Waals surface area contributed by atoms with Crippen LogP contribution in [0.5, 0.6) is 0 Å². The van der Waals surface area contributed by atoms with E-state index in [1.54, 1.807) is 6.20 Å². The van der Waals surface area contributed by atoms with Crippen LogP contribution in [0, 0.1) is 0 Å². The number of anilines is 1. The predicted molar refractivity (Wildman–Crippen MR) is 52.8 cm³/mol. The third kappa shape index (κ3) is 1.89. The summed E-state index contributed by atoms with van der Waals surface area (Å²) >= 11 is 5.97. The van der Waals surface area contributed by atoms with Crippen molar-refractivity contribution in [3.8, 4) is 0 Å². The number of aromatic nitrogens is 1. The van der Waals surface area contributed by atoms with Crippen LogP contribution in [-0.2, 0) is 0 Å². The van der Waals surface area contributed by atoms with Gasteiger partial charge in [0.2, 0.25) is 0 Å². The van der Waals surface area contributed by atoms with Gasteiger partial charge in [0.05, 0.1) is 5.02 Å². The highest BCUT2D eigenvalue weighted by Crippen LogP contribution is 2.21. The van der Waals surface area contributed by atoms with Gasteiger partial charge in [-0.2, -0.15) is 0 Å². The quantitative estimate of drug-likeness (QED) is 0.718. The molecular weight excluding hydrogens is 172 g/mol. The molecule has 1 aromatic heterocycles. The van der Waals surface area contributed by atoms with Gasteiger partial charge >= 0.3 is 0 Å². The summed E-state index contributed by atoms with van der Waals surface area (Å²) in [6, 6.07) is 3.71. The lowest BCUT2D eigenvalue weighted by atomic mass is 10.4. The van der Waals surface area contributed by atoms with E-state index in [1.807, 2.05) is 12.1 Å². The SMILES string of the molecule is CCN(CC)c1ncccc1Cl. The van der Waals surface area contributed by atoms with Crippen LogP contribution in [0.3, 0.4) is 0 Å². The second-order valence-corrected chi connectivity index (χ2v) is 2.89. The van der Waals surface area contributed by atoms with Crippen molar-refractivity contribution >= 4 is 17.4 Å². The van der Waals surface area contributed by atoms with Gasteiger partial charge in [0.25, 0.3) is 0 Å². The predicted octanol–water partition coefficient (Wildman–Crippen LogP) is 2.58. The number of rotatable bonds is 3. The molecule has 1 aromatic rings. The van der Waals surface area contributed by atoms with E-state index < -0.39 is 0 Å². The van der Waals surface area contributed by atoms with Crippen LogP contribution in [-0.4, -0.2) is 18.1 Å². The maximum Gasteiger partial charge on any atom is 0.147 e. The Balaban J connectivity index is 2.92. The van der Waals surface area contributed by atoms with Gasteiger partial charge in [-0.3, -0.25) is 0 Å². The van der Waals surface area contributed by atoms with E-state index in [9.17, 15) is 0 Å². The summed E-state index contributed by atoms with van der Waals surface area (Å²) in [5, 5.41) is 0.723. The van der Waals surface area contributed by atoms with E-state index in [0.717, 1.165) is 23.9 Å². The van der Waals surface area contributed by atoms with Crippen LogP contribution in [0.2, 0.25) is 5.02 Å². The summed E-state index contributed by atoms with van der Waals surface area (Å²) in [7, 11) is 0. The molecule has 0 aliphatic carbocycles. The molecule has 3 heteroatoms. The monoisotopic (exact) mass is 184 g/mol. The van der Waals surface area contributed by atoms with E-state index in [1.165, 1.54) is 0 Å². The molecule has 0 radical (unpaired) electrons. The van der Waals surface area contributed by atoms with Gasteiger partial charge in [-0.05, 0) is 26.0 Å². The topological polar surface area (TPSA) is 16.1 Å². The van der Waals surface area contributed by atoms with Crippen LogP contribution in [0.15, 0.2) is 18.3 Å². The molecular formula is C9H13ClN2. The molecule has 2 nitrogen and oxygen atoms in total. The highest BCUT2D eigenvalue weighted by molar-refractivity contribution is 6.32. The largest absolute Gasteiger partial charge is 0.356 e. The van der Waals surface area contributed by atoms with Crippen LogP contribution in [0.4, 0.5) is 5.82 Å². The number of halogens is 1. The molecule has 0 saturated heterocycles. The molecule has 1 rings (SSSR count). The molecule has 0 spiro atoms. The van der Waals surface area contributed by atoms with Crippen molar-refractivity contribution < 1.29 is 0 Å². The normalized spacial score (nSPS) is 9.92. The molecule has 0 unspecified atom stereocenters. The van der Waals surface area contributed by atoms with Crippen LogP contribution in [0.1, 0.15) is 13.8 Å². The second kappa shape index (κ2) is 4.31. The second-order valence-electron chi connectivity index (χ2n) is 2.48. The zero-order valence-corrected chi connectivity index (χ0v) is 8.17. The minimum Gasteiger partial charge on any atom is -0.356 e. The average Bonchev–Trinajstić information content (AvgIpc) is 2.10. The van der Waals surface area contributed by atoms with E-state index in [-0.39, 0.29) is 0 Å². The fourth-order valence-corrected chi connectivity index (χ4v) is 1.37. The minimum absolute atomic E-state index is 0.723. The van der Waals surface area contributed by atoms with E-state index in [0.29, 0.717) is 0 Å². The molecule has 0 atom stereocenters. The molecule has 66 valence electrons. The van der Waals surface area contributed by atoms with Crippen molar-refractivity contribution in [2.45, 2.75) is 13.8 Å². The lowest BCUT2D eigenvalue weighted by molar-refractivity contribution is 0.846. The first-order valence-corrected chi connectivity index (χ1v) is 4.52. The Morgan fingerprint density at radius 2 is 2.08 bits per heavy atom. The molecule has 0 N–H and O–H groups in total. The van der Waals surface area contributed by atoms with Crippen LogP contribution in [0.25, 0.3) is 0 Å². The first-order valence-electron chi connectivity index (χ1n) is 4.15. The van der Waals surface area contributed by atoms with Gasteiger partial charge in [0, 0.05) is 19.3 Å². The minimum atomic E-state index is 0.723. The maximum absolute atomic E-state index is 5.97. The molecule has 0 aromatic carbocycles. The Kier molecular flexibility index (Phi) is 3.35. The summed E-state index contributed by atoms with van der Waals surface area (Å²) < 4.78 is 0. The van der Waals surface area contributed by atoms with E-state index in [4.69, 9.17) is 11.6 Å². The maximum atomic E-state index is 5.97. The van der Waals surface area contributed by atoms with Crippen molar-refractivity contribution in [1.82, 2.24) is 4.98 Å². The van der Waals surface area contributed by atoms with Gasteiger partial charge in [-0.25, -0.2) is 4.98 Å². The first-order chi connectivity index (χ1) is 5.79. The van der Waals surface area contributed by atoms with Gasteiger partial charge in [0.1, 0.15) is 5.82 Å². The molecule has 1 heterocycles. The van der Waals surface area contributed by atoms with Gasteiger partial charge < -0.3 is 4.90 Å². The summed E-state index contributed by atoms with van der Waals surface area (Å²) in [4.78, 5) is 6.34. The third-order valence-electron chi connectivity index (χ3n) is 1.80. The Hall–Kier alpha value is -0.760. The summed E-state index contributed by atoms with van der Waals surface area (Å²) in [6.07, 6.45) is 1.76. The molecule has 0 bridgehead atoms. The number of nitrogens with zero attached hydrogens (tertiary/aromatic N) is 2. The fraction of sp³-hybridized carbons (Fsp3) is 0.444. The Bertz CT molecular complexity index is 246. The first kappa shape index (κ1) is 9.33. The lowest BCUT2D eigenvalue weighted by Crippen LogP contribution is -2.23. The number of pyridine rings is 1. The zero-order valence-electron chi connectivity index (χ0n) is 7.42. The molecule has 0 saturated carbocycles. The standard InChI is InChI=1S/C9H13ClN2/c1-3-12(4-2)9-8(10)6-5-7-11-9/h5-7H,3-4H2,1-2H3. The summed E-state index contributed by atoms with van der Waals surface area (Å²) in [6.45, 7) is 6.06. The number of hydrogen-bond acceptors (Lipinski definition) is 2. The summed E-state index contributed by atoms with van der Waals surface area (Å²) in [5.41, 5.74) is 0. The zero-order chi connectivity index (χ0) is 8.97. The molecule has 0 fully saturated rings. The highest BCUT2D eigenvalue weighted by atomic mass is 35.5. The van der Waals surface area contributed by atoms with Crippen molar-refractivity contribution in [1.29, 1.82) is 0 Å². The van der Waals surface area contributed by atoms with Crippen molar-refractivity contribution in [2.24, 2.45) is 0 Å². The van der Waals surface area contributed by atoms with Crippen molar-refractivity contribution in [3.05, 3.63) is 23.4 Å². The van der Waals surface area contributed by atoms with Crippen LogP contribution >= 0.6 is 11.6 Å². The highest BCUT2D eigenvalue weighted by Gasteiger charge is 2.06. The molecule has 0 aliphatic rings. The van der Waals surface area contributed by atoms with Crippen molar-refractivity contribution in [3.63, 3.8) is 0 Å². The average molecular weight is 185 g/mol. The Morgan fingerprint density at radius 3 is 2.58 bits per heavy atom. The van der Waals surface area contributed by atoms with Crippen LogP contribution < -0.4 is 4.90 Å². The summed E-state index contributed by atoms with van der Waals surface area (Å²) in [5.74, 6) is 0.879. The molecule has 0 amide bonds. The Morgan fingerprint density at radius 1 is 1.42 bits per heavy atom. The van der Waals surface area contributed by atoms with E-state index in [2.05, 4.69) is 23.7 Å². The molecule has 12 heavy (non-hydrogen) atoms. The van der Waals surface area contributed by atoms with Gasteiger partial charge in [0.15, 0.2) is 0 Å². The number of hydrogen-bond donors (Lipinski definition) is 0. The van der Waals surface area contributed by atoms with Crippen molar-refractivity contribution in [2.75, 3.05) is 18.0 Å². The molecule has 0 aliphatic heterocycles. The van der Waals surface area contributed by atoms with Gasteiger partial charge in [-0.15, -0.1) is 0 Å². The third-order valence-corrected chi connectivity index (χ3v) is 2.10.